The first-order valence-electron chi connectivity index (χ1n) is 17.0. The highest BCUT2D eigenvalue weighted by Gasteiger charge is 2.74. The molecule has 280 valence electrons. The van der Waals surface area contributed by atoms with Gasteiger partial charge in [0.05, 0.1) is 22.8 Å². The first-order chi connectivity index (χ1) is 23.6. The van der Waals surface area contributed by atoms with E-state index < -0.39 is 54.9 Å². The Morgan fingerprint density at radius 2 is 1.59 bits per heavy atom. The summed E-state index contributed by atoms with van der Waals surface area (Å²) in [5.41, 5.74) is -5.77. The lowest BCUT2D eigenvalue weighted by molar-refractivity contribution is -0.348. The summed E-state index contributed by atoms with van der Waals surface area (Å²) in [4.78, 5) is 14.5. The van der Waals surface area contributed by atoms with Crippen LogP contribution in [0.4, 0.5) is 35.1 Å². The summed E-state index contributed by atoms with van der Waals surface area (Å²) in [5.74, 6) is -1.26. The van der Waals surface area contributed by atoms with Gasteiger partial charge >= 0.3 is 18.0 Å². The molecule has 1 saturated carbocycles. The van der Waals surface area contributed by atoms with Gasteiger partial charge in [-0.15, -0.1) is 0 Å². The van der Waals surface area contributed by atoms with Crippen LogP contribution in [-0.2, 0) is 36.2 Å². The zero-order valence-electron chi connectivity index (χ0n) is 28.6. The number of ether oxygens (including phenoxy) is 1. The topological polar surface area (TPSA) is 63.7 Å². The van der Waals surface area contributed by atoms with Crippen LogP contribution in [0.1, 0.15) is 95.2 Å². The molecule has 0 aromatic heterocycles. The molecule has 2 fully saturated rings. The van der Waals surface area contributed by atoms with Gasteiger partial charge in [-0.2, -0.15) is 26.3 Å². The smallest absolute Gasteiger partial charge is 0.435 e. The maximum atomic E-state index is 14.9. The van der Waals surface area contributed by atoms with E-state index in [1.807, 2.05) is 6.26 Å². The Morgan fingerprint density at radius 3 is 2.14 bits per heavy atom. The zero-order chi connectivity index (χ0) is 37.6. The normalized spacial score (nSPS) is 22.5. The molecule has 1 heterocycles. The molecular weight excluding hydrogens is 706 g/mol. The number of allylic oxidation sites excluding steroid dienone is 2. The van der Waals surface area contributed by atoms with E-state index in [9.17, 15) is 48.3 Å². The fourth-order valence-electron chi connectivity index (χ4n) is 7.29. The quantitative estimate of drug-likeness (QED) is 0.226. The fourth-order valence-corrected chi connectivity index (χ4v) is 9.69. The van der Waals surface area contributed by atoms with Crippen molar-refractivity contribution in [3.05, 3.63) is 88.5 Å². The highest BCUT2D eigenvalue weighted by molar-refractivity contribution is 7.92. The zero-order valence-corrected chi connectivity index (χ0v) is 29.4. The van der Waals surface area contributed by atoms with Crippen molar-refractivity contribution in [2.24, 2.45) is 0 Å². The Labute approximate surface area is 292 Å². The van der Waals surface area contributed by atoms with Crippen LogP contribution in [0, 0.1) is 5.82 Å². The average Bonchev–Trinajstić information content (AvgIpc) is 3.44. The molecule has 0 spiro atoms. The molecule has 2 atom stereocenters. The molecule has 4 aliphatic rings. The van der Waals surface area contributed by atoms with Gasteiger partial charge in [-0.1, -0.05) is 30.3 Å². The van der Waals surface area contributed by atoms with E-state index >= 15 is 0 Å². The molecule has 0 radical (unpaired) electrons. The van der Waals surface area contributed by atoms with Crippen molar-refractivity contribution in [3.8, 4) is 0 Å². The van der Waals surface area contributed by atoms with Crippen LogP contribution >= 0.6 is 0 Å². The van der Waals surface area contributed by atoms with E-state index in [-0.39, 0.29) is 48.4 Å². The number of likely N-dealkylation sites (tertiary alicyclic amines) is 1. The number of alkyl halides is 7. The van der Waals surface area contributed by atoms with E-state index in [2.05, 4.69) is 20.8 Å². The van der Waals surface area contributed by atoms with E-state index in [1.54, 1.807) is 6.08 Å². The molecule has 2 aromatic carbocycles. The van der Waals surface area contributed by atoms with Gasteiger partial charge in [-0.3, -0.25) is 4.79 Å². The first kappa shape index (κ1) is 38.8. The Kier molecular flexibility index (Phi) is 10.5. The number of hydrogen-bond donors (Lipinski definition) is 0. The minimum Gasteiger partial charge on any atom is -0.496 e. The van der Waals surface area contributed by atoms with Crippen molar-refractivity contribution in [1.82, 2.24) is 4.90 Å². The van der Waals surface area contributed by atoms with E-state index in [4.69, 9.17) is 4.74 Å². The second-order valence-electron chi connectivity index (χ2n) is 14.5. The van der Waals surface area contributed by atoms with Crippen molar-refractivity contribution in [1.29, 1.82) is 0 Å². The lowest BCUT2D eigenvalue weighted by Crippen LogP contribution is -2.53. The summed E-state index contributed by atoms with van der Waals surface area (Å²) < 4.78 is 142. The predicted molar refractivity (Wildman–Crippen MR) is 174 cm³/mol. The van der Waals surface area contributed by atoms with Crippen LogP contribution in [0.2, 0.25) is 0 Å². The van der Waals surface area contributed by atoms with Crippen molar-refractivity contribution in [2.75, 3.05) is 6.54 Å². The number of carbonyl (C=O) groups excluding carboxylic acids is 1. The second-order valence-corrected chi connectivity index (χ2v) is 16.7. The van der Waals surface area contributed by atoms with Gasteiger partial charge in [0.1, 0.15) is 10.6 Å². The third kappa shape index (κ3) is 7.18. The van der Waals surface area contributed by atoms with Crippen LogP contribution in [0.3, 0.4) is 0 Å². The SMILES string of the molecule is CC(C)(C)OC=C1CCC1.O=C(C1=CCCCC1)N1CCC2(S(=O)(=O)c3cccc(F)c3)c3ccc(C(F)(C(F)(F)F)C(F)(F)F)cc3CCC12. The lowest BCUT2D eigenvalue weighted by atomic mass is 9.76. The van der Waals surface area contributed by atoms with Gasteiger partial charge in [0, 0.05) is 17.7 Å². The van der Waals surface area contributed by atoms with Gasteiger partial charge in [-0.25, -0.2) is 17.2 Å². The van der Waals surface area contributed by atoms with E-state index in [0.29, 0.717) is 30.5 Å². The van der Waals surface area contributed by atoms with Gasteiger partial charge in [0.2, 0.25) is 5.91 Å². The molecule has 14 heteroatoms. The summed E-state index contributed by atoms with van der Waals surface area (Å²) in [6, 6.07) is 4.57. The lowest BCUT2D eigenvalue weighted by Gasteiger charge is -2.43. The van der Waals surface area contributed by atoms with Crippen molar-refractivity contribution >= 4 is 15.7 Å². The minimum absolute atomic E-state index is 0.0113. The average molecular weight is 748 g/mol. The third-order valence-corrected chi connectivity index (χ3v) is 12.6. The number of benzene rings is 2. The number of rotatable bonds is 5. The van der Waals surface area contributed by atoms with Crippen LogP contribution in [0.25, 0.3) is 0 Å². The standard InChI is InChI=1S/C28H25F8NO3S.C9H16O/c29-20-7-4-8-21(16-20)41(39,40)25-13-14-37(24(38)17-5-2-1-3-6-17)23(25)12-9-18-15-19(10-11-22(18)25)26(30,27(31,32)33)28(34,35)36;1-9(2,3)10-7-8-5-4-6-8/h4-5,7-8,10-11,15-16,23H,1-3,6,9,12-14H2;7H,4-6H2,1-3H3. The maximum absolute atomic E-state index is 14.9. The Morgan fingerprint density at radius 1 is 0.902 bits per heavy atom. The largest absolute Gasteiger partial charge is 0.496 e. The Balaban J connectivity index is 0.000000435. The first-order valence-corrected chi connectivity index (χ1v) is 18.4. The number of nitrogens with zero attached hydrogens (tertiary/aromatic N) is 1. The van der Waals surface area contributed by atoms with Crippen molar-refractivity contribution in [2.45, 2.75) is 124 Å². The summed E-state index contributed by atoms with van der Waals surface area (Å²) in [7, 11) is -4.59. The van der Waals surface area contributed by atoms with E-state index in [1.165, 1.54) is 29.7 Å². The van der Waals surface area contributed by atoms with Gasteiger partial charge in [0.15, 0.2) is 9.84 Å². The molecule has 1 aliphatic heterocycles. The monoisotopic (exact) mass is 747 g/mol. The summed E-state index contributed by atoms with van der Waals surface area (Å²) in [5, 5.41) is 0. The van der Waals surface area contributed by atoms with Crippen LogP contribution < -0.4 is 0 Å². The third-order valence-electron chi connectivity index (χ3n) is 10.1. The minimum atomic E-state index is -6.34. The summed E-state index contributed by atoms with van der Waals surface area (Å²) in [6.07, 6.45) is -2.89. The number of amides is 1. The molecule has 3 aliphatic carbocycles. The molecule has 51 heavy (non-hydrogen) atoms. The number of hydrogen-bond acceptors (Lipinski definition) is 4. The van der Waals surface area contributed by atoms with Gasteiger partial charge in [-0.05, 0) is 120 Å². The number of sulfone groups is 1. The summed E-state index contributed by atoms with van der Waals surface area (Å²) >= 11 is 0. The number of aryl methyl sites for hydroxylation is 1. The van der Waals surface area contributed by atoms with Gasteiger partial charge < -0.3 is 9.64 Å². The predicted octanol–water partition coefficient (Wildman–Crippen LogP) is 9.70. The Hall–Kier alpha value is -3.42. The molecule has 5 nitrogen and oxygen atoms in total. The van der Waals surface area contributed by atoms with Gasteiger partial charge in [0.25, 0.3) is 0 Å². The molecule has 1 saturated heterocycles. The highest BCUT2D eigenvalue weighted by atomic mass is 32.2. The van der Waals surface area contributed by atoms with Crippen molar-refractivity contribution in [3.63, 3.8) is 0 Å². The highest BCUT2D eigenvalue weighted by Crippen LogP contribution is 2.57. The van der Waals surface area contributed by atoms with Crippen molar-refractivity contribution < 1.29 is 53.1 Å². The molecular formula is C37H41F8NO4S. The Bertz CT molecular complexity index is 1790. The molecule has 2 aromatic rings. The number of halogens is 8. The van der Waals surface area contributed by atoms with Crippen LogP contribution in [0.15, 0.2) is 70.8 Å². The molecule has 2 unspecified atom stereocenters. The van der Waals surface area contributed by atoms with E-state index in [0.717, 1.165) is 43.2 Å². The molecule has 1 amide bonds. The van der Waals surface area contributed by atoms with Crippen LogP contribution in [0.5, 0.6) is 0 Å². The number of carbonyl (C=O) groups is 1. The molecule has 0 N–H and O–H groups in total. The molecule has 0 bridgehead atoms. The fraction of sp³-hybridized carbons (Fsp3) is 0.541. The van der Waals surface area contributed by atoms with Crippen LogP contribution in [-0.4, -0.2) is 49.8 Å². The number of fused-ring (bicyclic) bond motifs is 3. The summed E-state index contributed by atoms with van der Waals surface area (Å²) in [6.45, 7) is 6.16. The molecule has 6 rings (SSSR count). The second kappa shape index (κ2) is 13.9. The maximum Gasteiger partial charge on any atom is 0.435 e.